The van der Waals surface area contributed by atoms with Crippen LogP contribution in [0.15, 0.2) is 24.3 Å². The SMILES string of the molecule is CCCCCCCCc1ccc(OS(=O)(O)=C2CO2)cc1. The third-order valence-electron chi connectivity index (χ3n) is 3.50. The molecule has 0 radical (unpaired) electrons. The van der Waals surface area contributed by atoms with Gasteiger partial charge in [-0.15, -0.1) is 0 Å². The van der Waals surface area contributed by atoms with E-state index in [4.69, 9.17) is 8.92 Å². The Morgan fingerprint density at radius 1 is 1.14 bits per heavy atom. The van der Waals surface area contributed by atoms with Crippen LogP contribution < -0.4 is 4.18 Å². The molecule has 118 valence electrons. The topological polar surface area (TPSA) is 59.1 Å². The van der Waals surface area contributed by atoms with Crippen molar-refractivity contribution in [3.63, 3.8) is 0 Å². The van der Waals surface area contributed by atoms with Gasteiger partial charge in [0, 0.05) is 0 Å². The first kappa shape index (κ1) is 16.3. The van der Waals surface area contributed by atoms with Gasteiger partial charge in [-0.25, -0.2) is 0 Å². The van der Waals surface area contributed by atoms with Gasteiger partial charge in [-0.05, 0) is 30.5 Å². The van der Waals surface area contributed by atoms with Gasteiger partial charge in [0.05, 0.1) is 0 Å². The van der Waals surface area contributed by atoms with Gasteiger partial charge in [0.2, 0.25) is 0 Å². The molecule has 1 aromatic rings. The molecule has 1 aliphatic heterocycles. The molecule has 1 N–H and O–H groups in total. The maximum Gasteiger partial charge on any atom is 0.274 e. The van der Waals surface area contributed by atoms with Crippen LogP contribution in [-0.2, 0) is 21.2 Å². The van der Waals surface area contributed by atoms with Gasteiger partial charge in [-0.2, -0.15) is 4.21 Å². The van der Waals surface area contributed by atoms with Gasteiger partial charge in [0.15, 0.2) is 5.05 Å². The number of benzene rings is 1. The van der Waals surface area contributed by atoms with Crippen molar-refractivity contribution in [3.8, 4) is 5.75 Å². The number of rotatable bonds is 9. The van der Waals surface area contributed by atoms with Crippen LogP contribution in [0.5, 0.6) is 5.75 Å². The first-order valence-corrected chi connectivity index (χ1v) is 9.09. The van der Waals surface area contributed by atoms with E-state index in [0.717, 1.165) is 6.42 Å². The van der Waals surface area contributed by atoms with E-state index in [9.17, 15) is 8.76 Å². The highest BCUT2D eigenvalue weighted by Gasteiger charge is 2.26. The monoisotopic (exact) mass is 312 g/mol. The summed E-state index contributed by atoms with van der Waals surface area (Å²) in [6.45, 7) is 2.44. The van der Waals surface area contributed by atoms with E-state index in [-0.39, 0.29) is 11.7 Å². The smallest absolute Gasteiger partial charge is 0.274 e. The molecule has 0 bridgehead atoms. The van der Waals surface area contributed by atoms with Crippen molar-refractivity contribution in [2.75, 3.05) is 6.61 Å². The van der Waals surface area contributed by atoms with Crippen LogP contribution in [0.4, 0.5) is 0 Å². The molecule has 21 heavy (non-hydrogen) atoms. The minimum Gasteiger partial charge on any atom is -0.388 e. The lowest BCUT2D eigenvalue weighted by Crippen LogP contribution is -2.11. The van der Waals surface area contributed by atoms with Crippen LogP contribution in [0.3, 0.4) is 0 Å². The lowest BCUT2D eigenvalue weighted by atomic mass is 10.1. The van der Waals surface area contributed by atoms with Crippen molar-refractivity contribution in [1.82, 2.24) is 0 Å². The van der Waals surface area contributed by atoms with Crippen molar-refractivity contribution in [1.29, 1.82) is 0 Å². The second-order valence-electron chi connectivity index (χ2n) is 5.38. The summed E-state index contributed by atoms with van der Waals surface area (Å²) in [5, 5.41) is 0.124. The predicted octanol–water partition coefficient (Wildman–Crippen LogP) is 3.80. The molecule has 1 unspecified atom stereocenters. The Morgan fingerprint density at radius 2 is 1.76 bits per heavy atom. The van der Waals surface area contributed by atoms with Gasteiger partial charge in [0.1, 0.15) is 12.4 Å². The van der Waals surface area contributed by atoms with Gasteiger partial charge in [-0.3, -0.25) is 4.55 Å². The minimum atomic E-state index is -3.44. The molecule has 0 amide bonds. The molecule has 1 atom stereocenters. The number of ether oxygens (including phenoxy) is 1. The Bertz CT molecular complexity index is 550. The van der Waals surface area contributed by atoms with Crippen LogP contribution in [-0.4, -0.2) is 20.4 Å². The van der Waals surface area contributed by atoms with Crippen LogP contribution in [0.1, 0.15) is 51.0 Å². The number of hydrogen-bond acceptors (Lipinski definition) is 3. The summed E-state index contributed by atoms with van der Waals surface area (Å²) < 4.78 is 31.0. The van der Waals surface area contributed by atoms with Gasteiger partial charge < -0.3 is 8.92 Å². The summed E-state index contributed by atoms with van der Waals surface area (Å²) >= 11 is 0. The molecule has 1 aliphatic rings. The first-order chi connectivity index (χ1) is 10.1. The second-order valence-corrected chi connectivity index (χ2v) is 6.95. The summed E-state index contributed by atoms with van der Waals surface area (Å²) in [6, 6.07) is 7.39. The van der Waals surface area contributed by atoms with Crippen molar-refractivity contribution < 1.29 is 17.7 Å². The van der Waals surface area contributed by atoms with E-state index in [2.05, 4.69) is 6.92 Å². The molecular weight excluding hydrogens is 288 g/mol. The molecule has 1 saturated heterocycles. The van der Waals surface area contributed by atoms with E-state index >= 15 is 0 Å². The zero-order valence-electron chi connectivity index (χ0n) is 12.5. The molecule has 0 spiro atoms. The number of unbranched alkanes of at least 4 members (excludes halogenated alkanes) is 5. The van der Waals surface area contributed by atoms with Crippen molar-refractivity contribution in [2.24, 2.45) is 0 Å². The molecule has 4 nitrogen and oxygen atoms in total. The molecule has 0 aromatic heterocycles. The molecular formula is C16H24O4S. The third-order valence-corrected chi connectivity index (χ3v) is 4.73. The van der Waals surface area contributed by atoms with Crippen LogP contribution in [0.25, 0.3) is 0 Å². The predicted molar refractivity (Wildman–Crippen MR) is 85.9 cm³/mol. The molecule has 1 aromatic carbocycles. The zero-order chi connectivity index (χ0) is 15.1. The molecule has 0 saturated carbocycles. The van der Waals surface area contributed by atoms with Crippen molar-refractivity contribution in [2.45, 2.75) is 51.9 Å². The Balaban J connectivity index is 1.75. The van der Waals surface area contributed by atoms with Crippen molar-refractivity contribution in [3.05, 3.63) is 29.8 Å². The number of hydrogen-bond donors (Lipinski definition) is 1. The zero-order valence-corrected chi connectivity index (χ0v) is 13.4. The van der Waals surface area contributed by atoms with Crippen LogP contribution >= 0.6 is 0 Å². The summed E-state index contributed by atoms with van der Waals surface area (Å²) in [5.74, 6) is 0.400. The summed E-state index contributed by atoms with van der Waals surface area (Å²) in [5.41, 5.74) is 1.23. The lowest BCUT2D eigenvalue weighted by Gasteiger charge is -2.07. The van der Waals surface area contributed by atoms with Gasteiger partial charge in [0.25, 0.3) is 10.1 Å². The summed E-state index contributed by atoms with van der Waals surface area (Å²) in [4.78, 5) is 0. The molecule has 0 aliphatic carbocycles. The van der Waals surface area contributed by atoms with E-state index in [1.54, 1.807) is 12.1 Å². The third kappa shape index (κ3) is 5.69. The molecule has 5 heteroatoms. The Labute approximate surface area is 127 Å². The Morgan fingerprint density at radius 3 is 2.38 bits per heavy atom. The number of aryl methyl sites for hydroxylation is 1. The van der Waals surface area contributed by atoms with Crippen molar-refractivity contribution >= 4 is 15.1 Å². The van der Waals surface area contributed by atoms with E-state index < -0.39 is 10.1 Å². The first-order valence-electron chi connectivity index (χ1n) is 7.65. The maximum atomic E-state index is 11.7. The minimum absolute atomic E-state index is 0.124. The summed E-state index contributed by atoms with van der Waals surface area (Å²) in [6.07, 6.45) is 8.73. The van der Waals surface area contributed by atoms with E-state index in [0.29, 0.717) is 5.75 Å². The van der Waals surface area contributed by atoms with Gasteiger partial charge >= 0.3 is 0 Å². The fourth-order valence-corrected chi connectivity index (χ4v) is 3.00. The summed E-state index contributed by atoms with van der Waals surface area (Å²) in [7, 11) is -3.44. The Hall–Kier alpha value is -1.04. The highest BCUT2D eigenvalue weighted by molar-refractivity contribution is 7.93. The average Bonchev–Trinajstić information content (AvgIpc) is 3.29. The maximum absolute atomic E-state index is 11.7. The average molecular weight is 312 g/mol. The van der Waals surface area contributed by atoms with E-state index in [1.807, 2.05) is 12.1 Å². The molecule has 1 heterocycles. The highest BCUT2D eigenvalue weighted by Crippen LogP contribution is 2.18. The quantitative estimate of drug-likeness (QED) is 0.428. The van der Waals surface area contributed by atoms with E-state index in [1.165, 1.54) is 44.1 Å². The normalized spacial score (nSPS) is 16.6. The number of epoxide rings is 1. The molecule has 1 fully saturated rings. The fraction of sp³-hybridized carbons (Fsp3) is 0.562. The largest absolute Gasteiger partial charge is 0.388 e. The Kier molecular flexibility index (Phi) is 6.08. The fourth-order valence-electron chi connectivity index (χ4n) is 2.18. The lowest BCUT2D eigenvalue weighted by molar-refractivity contribution is 0.448. The van der Waals surface area contributed by atoms with Crippen LogP contribution in [0.2, 0.25) is 0 Å². The highest BCUT2D eigenvalue weighted by atomic mass is 32.2. The van der Waals surface area contributed by atoms with Crippen LogP contribution in [0, 0.1) is 0 Å². The standard InChI is InChI=1S/C16H24O4S/c1-2-3-4-5-6-7-8-14-9-11-15(12-10-14)20-21(17,18)16-13-19-16/h9-12H,2-8,13H2,1H3,(H,17,18). The molecule has 2 rings (SSSR count). The second kappa shape index (κ2) is 7.82. The van der Waals surface area contributed by atoms with Gasteiger partial charge in [-0.1, -0.05) is 51.2 Å².